The van der Waals surface area contributed by atoms with Gasteiger partial charge < -0.3 is 10.2 Å². The average Bonchev–Trinajstić information content (AvgIpc) is 2.10. The molecular weight excluding hydrogens is 220 g/mol. The molecule has 2 N–H and O–H groups in total. The number of hydrogen-bond acceptors (Lipinski definition) is 2. The van der Waals surface area contributed by atoms with Crippen LogP contribution in [0.5, 0.6) is 0 Å². The average molecular weight is 236 g/mol. The molecule has 0 amide bonds. The molecule has 0 heterocycles. The molecule has 2 aliphatic rings. The summed E-state index contributed by atoms with van der Waals surface area (Å²) in [6, 6.07) is 0. The van der Waals surface area contributed by atoms with Crippen LogP contribution in [-0.2, 0) is 9.59 Å². The van der Waals surface area contributed by atoms with Gasteiger partial charge in [-0.05, 0) is 42.9 Å². The first kappa shape index (κ1) is 11.9. The van der Waals surface area contributed by atoms with Crippen molar-refractivity contribution >= 4 is 11.9 Å². The van der Waals surface area contributed by atoms with E-state index in [-0.39, 0.29) is 0 Å². The van der Waals surface area contributed by atoms with Crippen LogP contribution in [0.15, 0.2) is 24.3 Å². The van der Waals surface area contributed by atoms with Crippen molar-refractivity contribution in [2.75, 3.05) is 0 Å². The minimum Gasteiger partial charge on any atom is -0.478 e. The monoisotopic (exact) mass is 236 g/mol. The normalized spacial score (nSPS) is 36.0. The molecule has 0 aromatic rings. The Labute approximate surface area is 99.6 Å². The van der Waals surface area contributed by atoms with Crippen LogP contribution in [0.3, 0.4) is 0 Å². The van der Waals surface area contributed by atoms with E-state index in [0.717, 1.165) is 25.7 Å². The van der Waals surface area contributed by atoms with E-state index in [4.69, 9.17) is 10.2 Å². The van der Waals surface area contributed by atoms with Crippen LogP contribution in [0.25, 0.3) is 0 Å². The van der Waals surface area contributed by atoms with Gasteiger partial charge in [0.25, 0.3) is 0 Å². The number of carbonyl (C=O) groups is 2. The standard InChI is InChI=1S/C13H16O4/c14-11(15)3-1-9-5-13(6-9)7-10(8-13)2-4-12(16)17/h1-4,9-10H,5-8H2,(H,14,15)(H,16,17). The van der Waals surface area contributed by atoms with E-state index in [1.54, 1.807) is 12.2 Å². The Morgan fingerprint density at radius 1 is 0.882 bits per heavy atom. The maximum atomic E-state index is 10.3. The molecule has 1 spiro atoms. The summed E-state index contributed by atoms with van der Waals surface area (Å²) >= 11 is 0. The van der Waals surface area contributed by atoms with E-state index in [2.05, 4.69) is 0 Å². The SMILES string of the molecule is O=C(O)C=CC1CC2(C1)CC(C=CC(=O)O)C2. The number of carboxylic acids is 2. The van der Waals surface area contributed by atoms with Crippen LogP contribution in [0.4, 0.5) is 0 Å². The molecule has 0 unspecified atom stereocenters. The fraction of sp³-hybridized carbons (Fsp3) is 0.538. The number of allylic oxidation sites excluding steroid dienone is 2. The second-order valence-corrected chi connectivity index (χ2v) is 5.23. The van der Waals surface area contributed by atoms with Crippen LogP contribution in [0.2, 0.25) is 0 Å². The maximum absolute atomic E-state index is 10.3. The van der Waals surface area contributed by atoms with Crippen molar-refractivity contribution in [1.82, 2.24) is 0 Å². The summed E-state index contributed by atoms with van der Waals surface area (Å²) in [6.07, 6.45) is 10.2. The Bertz CT molecular complexity index is 341. The van der Waals surface area contributed by atoms with Crippen molar-refractivity contribution in [3.8, 4) is 0 Å². The summed E-state index contributed by atoms with van der Waals surface area (Å²) in [5.41, 5.74) is 0.376. The minimum absolute atomic E-state index is 0.376. The molecule has 2 rings (SSSR count). The molecule has 92 valence electrons. The summed E-state index contributed by atoms with van der Waals surface area (Å²) in [6.45, 7) is 0. The third kappa shape index (κ3) is 2.75. The molecule has 0 aliphatic heterocycles. The van der Waals surface area contributed by atoms with E-state index >= 15 is 0 Å². The molecule has 2 saturated carbocycles. The van der Waals surface area contributed by atoms with E-state index < -0.39 is 11.9 Å². The summed E-state index contributed by atoms with van der Waals surface area (Å²) < 4.78 is 0. The van der Waals surface area contributed by atoms with E-state index in [0.29, 0.717) is 17.3 Å². The van der Waals surface area contributed by atoms with Crippen LogP contribution in [0, 0.1) is 17.3 Å². The largest absolute Gasteiger partial charge is 0.478 e. The van der Waals surface area contributed by atoms with Crippen LogP contribution in [0.1, 0.15) is 25.7 Å². The molecule has 0 saturated heterocycles. The second-order valence-electron chi connectivity index (χ2n) is 5.23. The minimum atomic E-state index is -0.887. The Kier molecular flexibility index (Phi) is 3.05. The Hall–Kier alpha value is -1.58. The van der Waals surface area contributed by atoms with Gasteiger partial charge in [0, 0.05) is 12.2 Å². The van der Waals surface area contributed by atoms with Gasteiger partial charge in [-0.15, -0.1) is 0 Å². The fourth-order valence-electron chi connectivity index (χ4n) is 3.15. The Balaban J connectivity index is 1.72. The van der Waals surface area contributed by atoms with Gasteiger partial charge in [0.2, 0.25) is 0 Å². The lowest BCUT2D eigenvalue weighted by molar-refractivity contribution is -0.132. The smallest absolute Gasteiger partial charge is 0.327 e. The molecule has 0 radical (unpaired) electrons. The van der Waals surface area contributed by atoms with E-state index in [1.165, 1.54) is 12.2 Å². The van der Waals surface area contributed by atoms with Crippen LogP contribution < -0.4 is 0 Å². The van der Waals surface area contributed by atoms with Gasteiger partial charge in [-0.25, -0.2) is 9.59 Å². The summed E-state index contributed by atoms with van der Waals surface area (Å²) in [5, 5.41) is 17.0. The third-order valence-electron chi connectivity index (χ3n) is 3.80. The first-order valence-electron chi connectivity index (χ1n) is 5.81. The van der Waals surface area contributed by atoms with Crippen molar-refractivity contribution in [3.63, 3.8) is 0 Å². The second kappa shape index (κ2) is 4.35. The topological polar surface area (TPSA) is 74.6 Å². The predicted molar refractivity (Wildman–Crippen MR) is 61.4 cm³/mol. The zero-order valence-electron chi connectivity index (χ0n) is 9.50. The molecule has 0 aromatic heterocycles. The van der Waals surface area contributed by atoms with Gasteiger partial charge >= 0.3 is 11.9 Å². The molecule has 17 heavy (non-hydrogen) atoms. The van der Waals surface area contributed by atoms with Gasteiger partial charge in [-0.3, -0.25) is 0 Å². The highest BCUT2D eigenvalue weighted by atomic mass is 16.4. The third-order valence-corrected chi connectivity index (χ3v) is 3.80. The number of aliphatic carboxylic acids is 2. The Morgan fingerprint density at radius 3 is 1.53 bits per heavy atom. The van der Waals surface area contributed by atoms with Gasteiger partial charge in [0.15, 0.2) is 0 Å². The molecule has 2 fully saturated rings. The Morgan fingerprint density at radius 2 is 1.24 bits per heavy atom. The maximum Gasteiger partial charge on any atom is 0.327 e. The molecule has 4 heteroatoms. The lowest BCUT2D eigenvalue weighted by atomic mass is 9.48. The van der Waals surface area contributed by atoms with Crippen LogP contribution in [-0.4, -0.2) is 22.2 Å². The molecule has 4 nitrogen and oxygen atoms in total. The highest BCUT2D eigenvalue weighted by Gasteiger charge is 2.51. The summed E-state index contributed by atoms with van der Waals surface area (Å²) in [7, 11) is 0. The quantitative estimate of drug-likeness (QED) is 0.733. The lowest BCUT2D eigenvalue weighted by Gasteiger charge is -2.57. The molecule has 0 aromatic carbocycles. The van der Waals surface area contributed by atoms with Crippen molar-refractivity contribution in [2.45, 2.75) is 25.7 Å². The lowest BCUT2D eigenvalue weighted by Crippen LogP contribution is -2.46. The van der Waals surface area contributed by atoms with Gasteiger partial charge in [-0.2, -0.15) is 0 Å². The summed E-state index contributed by atoms with van der Waals surface area (Å²) in [5.74, 6) is -0.977. The van der Waals surface area contributed by atoms with Crippen molar-refractivity contribution < 1.29 is 19.8 Å². The number of carboxylic acid groups (broad SMARTS) is 2. The van der Waals surface area contributed by atoms with Crippen LogP contribution >= 0.6 is 0 Å². The van der Waals surface area contributed by atoms with Gasteiger partial charge in [-0.1, -0.05) is 12.2 Å². The number of hydrogen-bond donors (Lipinski definition) is 2. The first-order valence-corrected chi connectivity index (χ1v) is 5.81. The van der Waals surface area contributed by atoms with Crippen molar-refractivity contribution in [1.29, 1.82) is 0 Å². The molecule has 2 aliphatic carbocycles. The summed E-state index contributed by atoms with van der Waals surface area (Å²) in [4.78, 5) is 20.7. The molecule has 0 atom stereocenters. The number of rotatable bonds is 4. The predicted octanol–water partition coefficient (Wildman–Crippen LogP) is 2.07. The van der Waals surface area contributed by atoms with Gasteiger partial charge in [0.05, 0.1) is 0 Å². The first-order chi connectivity index (χ1) is 7.99. The fourth-order valence-corrected chi connectivity index (χ4v) is 3.15. The zero-order chi connectivity index (χ0) is 12.5. The van der Waals surface area contributed by atoms with Gasteiger partial charge in [0.1, 0.15) is 0 Å². The highest BCUT2D eigenvalue weighted by Crippen LogP contribution is 2.61. The van der Waals surface area contributed by atoms with E-state index in [9.17, 15) is 9.59 Å². The van der Waals surface area contributed by atoms with Crippen molar-refractivity contribution in [3.05, 3.63) is 24.3 Å². The molecular formula is C13H16O4. The van der Waals surface area contributed by atoms with E-state index in [1.807, 2.05) is 0 Å². The molecule has 0 bridgehead atoms. The zero-order valence-corrected chi connectivity index (χ0v) is 9.50. The highest BCUT2D eigenvalue weighted by molar-refractivity contribution is 5.80. The van der Waals surface area contributed by atoms with Crippen molar-refractivity contribution in [2.24, 2.45) is 17.3 Å².